The van der Waals surface area contributed by atoms with Crippen molar-refractivity contribution in [3.8, 4) is 0 Å². The average Bonchev–Trinajstić information content (AvgIpc) is 2.33. The number of aliphatic carboxylic acids is 1. The maximum atomic E-state index is 11.2. The molecular formula is C18H41ClN2O5. The van der Waals surface area contributed by atoms with Crippen LogP contribution in [0.25, 0.3) is 0 Å². The van der Waals surface area contributed by atoms with Gasteiger partial charge in [0, 0.05) is 6.61 Å². The number of hydrogen-bond donors (Lipinski definition) is 4. The van der Waals surface area contributed by atoms with Gasteiger partial charge in [-0.15, -0.1) is 11.6 Å². The summed E-state index contributed by atoms with van der Waals surface area (Å²) in [6.45, 7) is 18.8. The Bertz CT molecular complexity index is 400. The zero-order valence-corrected chi connectivity index (χ0v) is 19.0. The first-order chi connectivity index (χ1) is 10.6. The molecule has 0 amide bonds. The Morgan fingerprint density at radius 2 is 1.19 bits per heavy atom. The number of nitrogens with two attached hydrogens (primary N) is 1. The molecule has 160 valence electrons. The monoisotopic (exact) mass is 400 g/mol. The van der Waals surface area contributed by atoms with Crippen molar-refractivity contribution in [2.45, 2.75) is 79.7 Å². The molecule has 0 aromatic carbocycles. The predicted molar refractivity (Wildman–Crippen MR) is 108 cm³/mol. The van der Waals surface area contributed by atoms with Gasteiger partial charge in [-0.25, -0.2) is 0 Å². The SMILES string of the molecule is CC(C)(C)CO.CC(C)(C)COC(=O)C(C)(C)Cl.CC(C)(N)C(=O)O.N. The largest absolute Gasteiger partial charge is 0.480 e. The third kappa shape index (κ3) is 27.9. The minimum atomic E-state index is -1.08. The summed E-state index contributed by atoms with van der Waals surface area (Å²) in [5.74, 6) is -1.34. The topological polar surface area (TPSA) is 145 Å². The van der Waals surface area contributed by atoms with E-state index in [0.29, 0.717) is 6.61 Å². The van der Waals surface area contributed by atoms with Crippen LogP contribution in [0.1, 0.15) is 69.2 Å². The second-order valence-electron chi connectivity index (χ2n) is 9.35. The number of alkyl halides is 1. The van der Waals surface area contributed by atoms with Crippen LogP contribution >= 0.6 is 11.6 Å². The van der Waals surface area contributed by atoms with Gasteiger partial charge in [-0.2, -0.15) is 0 Å². The van der Waals surface area contributed by atoms with E-state index in [2.05, 4.69) is 0 Å². The van der Waals surface area contributed by atoms with Crippen LogP contribution in [-0.2, 0) is 14.3 Å². The standard InChI is InChI=1S/C9H17ClO2.C5H12O.C4H9NO2.H3N/c1-8(2,3)6-12-7(11)9(4,5)10;1-5(2,3)4-6;1-4(2,5)3(6)7;/h6H2,1-5H3;6H,4H2,1-3H3;5H2,1-2H3,(H,6,7);1H3. The first-order valence-electron chi connectivity index (χ1n) is 8.13. The van der Waals surface area contributed by atoms with Crippen LogP contribution in [0, 0.1) is 10.8 Å². The molecule has 0 atom stereocenters. The number of aliphatic hydroxyl groups is 1. The van der Waals surface area contributed by atoms with Crippen LogP contribution in [0.4, 0.5) is 0 Å². The average molecular weight is 401 g/mol. The Morgan fingerprint density at radius 1 is 0.923 bits per heavy atom. The molecule has 0 aromatic rings. The molecule has 0 radical (unpaired) electrons. The molecule has 7 nitrogen and oxygen atoms in total. The van der Waals surface area contributed by atoms with Gasteiger partial charge in [-0.3, -0.25) is 9.59 Å². The lowest BCUT2D eigenvalue weighted by atomic mass is 9.99. The van der Waals surface area contributed by atoms with E-state index in [0.717, 1.165) is 0 Å². The summed E-state index contributed by atoms with van der Waals surface area (Å²) < 4.78 is 5.00. The van der Waals surface area contributed by atoms with Crippen molar-refractivity contribution < 1.29 is 24.5 Å². The highest BCUT2D eigenvalue weighted by Gasteiger charge is 2.27. The van der Waals surface area contributed by atoms with Crippen molar-refractivity contribution in [3.05, 3.63) is 0 Å². The Hall–Kier alpha value is -0.890. The number of carbonyl (C=O) groups is 2. The Morgan fingerprint density at radius 3 is 1.31 bits per heavy atom. The lowest BCUT2D eigenvalue weighted by Gasteiger charge is -2.21. The fourth-order valence-corrected chi connectivity index (χ4v) is 0.508. The molecule has 0 fully saturated rings. The number of ether oxygens (including phenoxy) is 1. The summed E-state index contributed by atoms with van der Waals surface area (Å²) in [6, 6.07) is 0. The van der Waals surface area contributed by atoms with Crippen LogP contribution in [0.15, 0.2) is 0 Å². The van der Waals surface area contributed by atoms with Gasteiger partial charge >= 0.3 is 11.9 Å². The number of hydrogen-bond acceptors (Lipinski definition) is 6. The summed E-state index contributed by atoms with van der Waals surface area (Å²) in [4.78, 5) is 20.1. The Kier molecular flexibility index (Phi) is 15.7. The highest BCUT2D eigenvalue weighted by atomic mass is 35.5. The van der Waals surface area contributed by atoms with E-state index in [4.69, 9.17) is 32.3 Å². The molecule has 0 unspecified atom stereocenters. The molecule has 0 saturated carbocycles. The van der Waals surface area contributed by atoms with Gasteiger partial charge in [-0.05, 0) is 38.5 Å². The second-order valence-corrected chi connectivity index (χ2v) is 10.3. The van der Waals surface area contributed by atoms with E-state index in [1.807, 2.05) is 41.5 Å². The minimum absolute atomic E-state index is 0. The number of carboxylic acids is 1. The van der Waals surface area contributed by atoms with Crippen LogP contribution in [0.5, 0.6) is 0 Å². The molecule has 0 saturated heterocycles. The van der Waals surface area contributed by atoms with Crippen LogP contribution in [0.3, 0.4) is 0 Å². The maximum Gasteiger partial charge on any atom is 0.326 e. The molecule has 8 heteroatoms. The molecule has 26 heavy (non-hydrogen) atoms. The minimum Gasteiger partial charge on any atom is -0.480 e. The van der Waals surface area contributed by atoms with Gasteiger partial charge in [0.15, 0.2) is 0 Å². The lowest BCUT2D eigenvalue weighted by molar-refractivity contribution is -0.148. The lowest BCUT2D eigenvalue weighted by Crippen LogP contribution is -2.41. The fourth-order valence-electron chi connectivity index (χ4n) is 0.454. The van der Waals surface area contributed by atoms with Crippen molar-refractivity contribution in [2.24, 2.45) is 16.6 Å². The molecule has 0 rings (SSSR count). The normalized spacial score (nSPS) is 11.7. The van der Waals surface area contributed by atoms with Crippen molar-refractivity contribution in [1.82, 2.24) is 6.15 Å². The first-order valence-corrected chi connectivity index (χ1v) is 8.50. The maximum absolute atomic E-state index is 11.2. The van der Waals surface area contributed by atoms with Gasteiger partial charge in [0.1, 0.15) is 10.4 Å². The van der Waals surface area contributed by atoms with Gasteiger partial charge in [-0.1, -0.05) is 41.5 Å². The van der Waals surface area contributed by atoms with Crippen LogP contribution < -0.4 is 11.9 Å². The molecule has 0 aromatic heterocycles. The molecule has 0 spiro atoms. The summed E-state index contributed by atoms with van der Waals surface area (Å²) in [5, 5.41) is 16.5. The highest BCUT2D eigenvalue weighted by molar-refractivity contribution is 6.33. The first kappa shape index (κ1) is 32.8. The number of halogens is 1. The van der Waals surface area contributed by atoms with Crippen molar-refractivity contribution in [3.63, 3.8) is 0 Å². The number of esters is 1. The molecule has 0 aliphatic heterocycles. The van der Waals surface area contributed by atoms with Crippen molar-refractivity contribution in [2.75, 3.05) is 13.2 Å². The Balaban J connectivity index is -0.000000149. The van der Waals surface area contributed by atoms with Crippen LogP contribution in [-0.4, -0.2) is 45.8 Å². The van der Waals surface area contributed by atoms with E-state index in [1.165, 1.54) is 13.8 Å². The number of rotatable bonds is 3. The highest BCUT2D eigenvalue weighted by Crippen LogP contribution is 2.18. The third-order valence-corrected chi connectivity index (χ3v) is 2.30. The van der Waals surface area contributed by atoms with Gasteiger partial charge < -0.3 is 26.8 Å². The number of aliphatic hydroxyl groups excluding tert-OH is 1. The number of carbonyl (C=O) groups excluding carboxylic acids is 1. The van der Waals surface area contributed by atoms with Crippen molar-refractivity contribution >= 4 is 23.5 Å². The molecule has 0 heterocycles. The summed E-state index contributed by atoms with van der Waals surface area (Å²) in [6.07, 6.45) is 0. The van der Waals surface area contributed by atoms with E-state index < -0.39 is 16.4 Å². The van der Waals surface area contributed by atoms with E-state index in [-0.39, 0.29) is 29.6 Å². The molecule has 0 bridgehead atoms. The molecule has 7 N–H and O–H groups in total. The summed E-state index contributed by atoms with van der Waals surface area (Å²) >= 11 is 5.74. The predicted octanol–water partition coefficient (Wildman–Crippen LogP) is 3.59. The van der Waals surface area contributed by atoms with E-state index in [9.17, 15) is 9.59 Å². The zero-order chi connectivity index (χ0) is 21.3. The molecule has 0 aliphatic rings. The second kappa shape index (κ2) is 12.5. The van der Waals surface area contributed by atoms with Gasteiger partial charge in [0.2, 0.25) is 0 Å². The smallest absolute Gasteiger partial charge is 0.326 e. The van der Waals surface area contributed by atoms with Gasteiger partial charge in [0.05, 0.1) is 6.61 Å². The van der Waals surface area contributed by atoms with Crippen LogP contribution in [0.2, 0.25) is 0 Å². The van der Waals surface area contributed by atoms with Gasteiger partial charge in [0.25, 0.3) is 0 Å². The zero-order valence-electron chi connectivity index (χ0n) is 18.2. The fraction of sp³-hybridized carbons (Fsp3) is 0.889. The van der Waals surface area contributed by atoms with E-state index in [1.54, 1.807) is 13.8 Å². The molecular weight excluding hydrogens is 360 g/mol. The number of carboxylic acid groups (broad SMARTS) is 1. The summed E-state index contributed by atoms with van der Waals surface area (Å²) in [7, 11) is 0. The quantitative estimate of drug-likeness (QED) is 0.418. The third-order valence-electron chi connectivity index (χ3n) is 2.15. The summed E-state index contributed by atoms with van der Waals surface area (Å²) in [5.41, 5.74) is 4.09. The molecule has 0 aliphatic carbocycles. The van der Waals surface area contributed by atoms with E-state index >= 15 is 0 Å². The van der Waals surface area contributed by atoms with Crippen molar-refractivity contribution in [1.29, 1.82) is 0 Å². The Labute approximate surface area is 164 Å².